The van der Waals surface area contributed by atoms with Crippen molar-refractivity contribution in [3.05, 3.63) is 29.6 Å². The van der Waals surface area contributed by atoms with E-state index in [4.69, 9.17) is 9.47 Å². The zero-order valence-corrected chi connectivity index (χ0v) is 13.7. The van der Waals surface area contributed by atoms with Crippen molar-refractivity contribution in [1.29, 1.82) is 0 Å². The second kappa shape index (κ2) is 5.83. The lowest BCUT2D eigenvalue weighted by Gasteiger charge is -2.21. The van der Waals surface area contributed by atoms with Gasteiger partial charge in [-0.3, -0.25) is 9.59 Å². The van der Waals surface area contributed by atoms with Crippen molar-refractivity contribution in [3.8, 4) is 5.75 Å². The average Bonchev–Trinajstić information content (AvgIpc) is 3.16. The van der Waals surface area contributed by atoms with Crippen LogP contribution in [0.1, 0.15) is 32.8 Å². The van der Waals surface area contributed by atoms with Crippen molar-refractivity contribution in [3.63, 3.8) is 0 Å². The number of ether oxygens (including phenoxy) is 2. The van der Waals surface area contributed by atoms with E-state index in [-0.39, 0.29) is 6.42 Å². The summed E-state index contributed by atoms with van der Waals surface area (Å²) in [5, 5.41) is 9.24. The van der Waals surface area contributed by atoms with E-state index in [1.54, 1.807) is 20.8 Å². The van der Waals surface area contributed by atoms with Gasteiger partial charge in [-0.1, -0.05) is 6.07 Å². The molecule has 1 N–H and O–H groups in total. The summed E-state index contributed by atoms with van der Waals surface area (Å²) in [5.41, 5.74) is -1.16. The largest absolute Gasteiger partial charge is 0.505 e. The average molecular weight is 324 g/mol. The number of esters is 2. The van der Waals surface area contributed by atoms with Crippen molar-refractivity contribution in [2.24, 2.45) is 11.3 Å². The first-order chi connectivity index (χ1) is 10.6. The Bertz CT molecular complexity index is 634. The first-order valence-electron chi connectivity index (χ1n) is 7.38. The summed E-state index contributed by atoms with van der Waals surface area (Å²) in [7, 11) is 1.26. The minimum Gasteiger partial charge on any atom is -0.505 e. The van der Waals surface area contributed by atoms with Gasteiger partial charge in [0.15, 0.2) is 11.6 Å². The lowest BCUT2D eigenvalue weighted by molar-refractivity contribution is -0.161. The Hall–Kier alpha value is -2.11. The number of phenolic OH excluding ortho intramolecular Hbond substituents is 1. The number of carbonyl (C=O) groups is 2. The van der Waals surface area contributed by atoms with Gasteiger partial charge >= 0.3 is 11.9 Å². The molecule has 23 heavy (non-hydrogen) atoms. The highest BCUT2D eigenvalue weighted by Crippen LogP contribution is 2.56. The summed E-state index contributed by atoms with van der Waals surface area (Å²) in [5.74, 6) is -2.80. The van der Waals surface area contributed by atoms with E-state index in [1.807, 2.05) is 0 Å². The van der Waals surface area contributed by atoms with Gasteiger partial charge in [0.2, 0.25) is 0 Å². The quantitative estimate of drug-likeness (QED) is 0.862. The van der Waals surface area contributed by atoms with Crippen molar-refractivity contribution >= 4 is 11.9 Å². The predicted octanol–water partition coefficient (Wildman–Crippen LogP) is 2.59. The Balaban J connectivity index is 2.21. The number of hydrogen-bond donors (Lipinski definition) is 1. The molecule has 0 heterocycles. The number of benzene rings is 1. The second-order valence-electron chi connectivity index (χ2n) is 6.90. The highest BCUT2D eigenvalue weighted by Gasteiger charge is 2.65. The number of rotatable bonds is 4. The zero-order chi connectivity index (χ0) is 17.4. The van der Waals surface area contributed by atoms with Crippen LogP contribution >= 0.6 is 0 Å². The van der Waals surface area contributed by atoms with Crippen LogP contribution < -0.4 is 0 Å². The molecule has 126 valence electrons. The fourth-order valence-electron chi connectivity index (χ4n) is 2.71. The molecule has 0 radical (unpaired) electrons. The van der Waals surface area contributed by atoms with Crippen LogP contribution in [0.3, 0.4) is 0 Å². The molecule has 0 spiro atoms. The molecule has 1 saturated carbocycles. The standard InChI is InChI=1S/C17H21FO5/c1-16(2,3)23-14(20)11-9-17(11,15(21)22-4)8-10-5-6-13(19)12(18)7-10/h5-7,11,19H,8-9H2,1-4H3/t11?,17-/m0/s1. The third-order valence-corrected chi connectivity index (χ3v) is 3.89. The van der Waals surface area contributed by atoms with Crippen LogP contribution in [-0.2, 0) is 25.5 Å². The van der Waals surface area contributed by atoms with E-state index in [0.717, 1.165) is 6.07 Å². The summed E-state index contributed by atoms with van der Waals surface area (Å²) in [4.78, 5) is 24.4. The van der Waals surface area contributed by atoms with Crippen molar-refractivity contribution in [1.82, 2.24) is 0 Å². The molecule has 6 heteroatoms. The lowest BCUT2D eigenvalue weighted by atomic mass is 9.93. The molecule has 2 rings (SSSR count). The lowest BCUT2D eigenvalue weighted by Crippen LogP contribution is -2.30. The number of carbonyl (C=O) groups excluding carboxylic acids is 2. The van der Waals surface area contributed by atoms with E-state index in [1.165, 1.54) is 19.2 Å². The molecule has 0 bridgehead atoms. The SMILES string of the molecule is COC(=O)[C@@]1(Cc2ccc(O)c(F)c2)CC1C(=O)OC(C)(C)C. The van der Waals surface area contributed by atoms with Gasteiger partial charge in [0.05, 0.1) is 18.4 Å². The molecule has 0 aliphatic heterocycles. The highest BCUT2D eigenvalue weighted by molar-refractivity contribution is 5.91. The Kier molecular flexibility index (Phi) is 4.37. The maximum atomic E-state index is 13.5. The van der Waals surface area contributed by atoms with E-state index in [9.17, 15) is 19.1 Å². The van der Waals surface area contributed by atoms with Gasteiger partial charge in [-0.05, 0) is 51.3 Å². The summed E-state index contributed by atoms with van der Waals surface area (Å²) < 4.78 is 23.6. The molecule has 0 aromatic heterocycles. The number of hydrogen-bond acceptors (Lipinski definition) is 5. The smallest absolute Gasteiger partial charge is 0.313 e. The van der Waals surface area contributed by atoms with Gasteiger partial charge < -0.3 is 14.6 Å². The van der Waals surface area contributed by atoms with Crippen molar-refractivity contribution in [2.45, 2.75) is 39.2 Å². The zero-order valence-electron chi connectivity index (χ0n) is 13.7. The van der Waals surface area contributed by atoms with E-state index < -0.39 is 40.4 Å². The molecule has 1 fully saturated rings. The maximum absolute atomic E-state index is 13.5. The fourth-order valence-corrected chi connectivity index (χ4v) is 2.71. The van der Waals surface area contributed by atoms with Crippen LogP contribution in [0.15, 0.2) is 18.2 Å². The molecule has 1 aromatic rings. The molecule has 1 aliphatic rings. The topological polar surface area (TPSA) is 72.8 Å². The molecule has 5 nitrogen and oxygen atoms in total. The number of aromatic hydroxyl groups is 1. The minimum absolute atomic E-state index is 0.154. The number of halogens is 1. The minimum atomic E-state index is -1.03. The van der Waals surface area contributed by atoms with Gasteiger partial charge in [0.25, 0.3) is 0 Å². The van der Waals surface area contributed by atoms with Gasteiger partial charge in [0.1, 0.15) is 5.60 Å². The first kappa shape index (κ1) is 17.2. The van der Waals surface area contributed by atoms with E-state index in [2.05, 4.69) is 0 Å². The molecule has 1 unspecified atom stereocenters. The molecule has 1 aromatic carbocycles. The van der Waals surface area contributed by atoms with Crippen molar-refractivity contribution in [2.75, 3.05) is 7.11 Å². The molecule has 0 saturated heterocycles. The monoisotopic (exact) mass is 324 g/mol. The second-order valence-corrected chi connectivity index (χ2v) is 6.90. The maximum Gasteiger partial charge on any atom is 0.313 e. The molecule has 2 atom stereocenters. The number of methoxy groups -OCH3 is 1. The Morgan fingerprint density at radius 2 is 2.04 bits per heavy atom. The normalized spacial score (nSPS) is 23.3. The molecular weight excluding hydrogens is 303 g/mol. The van der Waals surface area contributed by atoms with Crippen molar-refractivity contribution < 1.29 is 28.6 Å². The van der Waals surface area contributed by atoms with Crippen LogP contribution in [0.2, 0.25) is 0 Å². The Labute approximate surface area is 134 Å². The van der Waals surface area contributed by atoms with E-state index in [0.29, 0.717) is 12.0 Å². The summed E-state index contributed by atoms with van der Waals surface area (Å²) in [6.07, 6.45) is 0.456. The highest BCUT2D eigenvalue weighted by atomic mass is 19.1. The summed E-state index contributed by atoms with van der Waals surface area (Å²) >= 11 is 0. The van der Waals surface area contributed by atoms with Crippen LogP contribution in [0.25, 0.3) is 0 Å². The third kappa shape index (κ3) is 3.63. The van der Waals surface area contributed by atoms with Gasteiger partial charge in [-0.2, -0.15) is 0 Å². The molecule has 1 aliphatic carbocycles. The first-order valence-corrected chi connectivity index (χ1v) is 7.38. The molecule has 0 amide bonds. The van der Waals surface area contributed by atoms with E-state index >= 15 is 0 Å². The van der Waals surface area contributed by atoms with Gasteiger partial charge in [-0.25, -0.2) is 4.39 Å². The predicted molar refractivity (Wildman–Crippen MR) is 80.2 cm³/mol. The van der Waals surface area contributed by atoms with Crippen LogP contribution in [0.5, 0.6) is 5.75 Å². The number of phenols is 1. The summed E-state index contributed by atoms with van der Waals surface area (Å²) in [6, 6.07) is 3.90. The summed E-state index contributed by atoms with van der Waals surface area (Å²) in [6.45, 7) is 5.26. The molecular formula is C17H21FO5. The van der Waals surface area contributed by atoms with Crippen LogP contribution in [-0.4, -0.2) is 29.8 Å². The third-order valence-electron chi connectivity index (χ3n) is 3.89. The Morgan fingerprint density at radius 3 is 2.57 bits per heavy atom. The Morgan fingerprint density at radius 1 is 1.39 bits per heavy atom. The van der Waals surface area contributed by atoms with Gasteiger partial charge in [-0.15, -0.1) is 0 Å². The van der Waals surface area contributed by atoms with Gasteiger partial charge in [0, 0.05) is 0 Å². The fraction of sp³-hybridized carbons (Fsp3) is 0.529. The van der Waals surface area contributed by atoms with Crippen LogP contribution in [0.4, 0.5) is 4.39 Å². The van der Waals surface area contributed by atoms with Crippen LogP contribution in [0, 0.1) is 17.2 Å².